The Morgan fingerprint density at radius 1 is 1.50 bits per heavy atom. The molecule has 1 rings (SSSR count). The highest BCUT2D eigenvalue weighted by Crippen LogP contribution is 2.00. The zero-order valence-corrected chi connectivity index (χ0v) is 9.97. The molecule has 0 bridgehead atoms. The summed E-state index contributed by atoms with van der Waals surface area (Å²) in [6.45, 7) is 4.29. The summed E-state index contributed by atoms with van der Waals surface area (Å²) in [5.41, 5.74) is 1.01. The molecule has 0 saturated carbocycles. The van der Waals surface area contributed by atoms with Crippen LogP contribution in [0.15, 0.2) is 24.4 Å². The molecule has 16 heavy (non-hydrogen) atoms. The lowest BCUT2D eigenvalue weighted by molar-refractivity contribution is 0.0242. The largest absolute Gasteiger partial charge is 0.389 e. The molecule has 0 radical (unpaired) electrons. The summed E-state index contributed by atoms with van der Waals surface area (Å²) in [5, 5.41) is 9.64. The number of rotatable bonds is 7. The van der Waals surface area contributed by atoms with Crippen LogP contribution in [0.25, 0.3) is 0 Å². The van der Waals surface area contributed by atoms with Crippen molar-refractivity contribution < 1.29 is 9.84 Å². The number of aliphatic hydroxyl groups excluding tert-OH is 1. The van der Waals surface area contributed by atoms with Gasteiger partial charge in [-0.25, -0.2) is 0 Å². The summed E-state index contributed by atoms with van der Waals surface area (Å²) >= 11 is 0. The molecule has 1 unspecified atom stereocenters. The Labute approximate surface area is 96.9 Å². The summed E-state index contributed by atoms with van der Waals surface area (Å²) < 4.78 is 5.15. The lowest BCUT2D eigenvalue weighted by atomic mass is 10.3. The maximum absolute atomic E-state index is 9.64. The number of pyridine rings is 1. The summed E-state index contributed by atoms with van der Waals surface area (Å²) in [7, 11) is 1.96. The van der Waals surface area contributed by atoms with E-state index in [0.717, 1.165) is 12.2 Å². The smallest absolute Gasteiger partial charge is 0.0900 e. The molecular weight excluding hydrogens is 204 g/mol. The number of aromatic nitrogens is 1. The van der Waals surface area contributed by atoms with Gasteiger partial charge in [0.2, 0.25) is 0 Å². The van der Waals surface area contributed by atoms with Gasteiger partial charge in [-0.3, -0.25) is 9.88 Å². The lowest BCUT2D eigenvalue weighted by Gasteiger charge is -2.19. The normalized spacial score (nSPS) is 13.0. The van der Waals surface area contributed by atoms with Gasteiger partial charge in [0.05, 0.1) is 18.4 Å². The van der Waals surface area contributed by atoms with Crippen LogP contribution in [0.3, 0.4) is 0 Å². The minimum absolute atomic E-state index is 0.392. The Hall–Kier alpha value is -0.970. The Balaban J connectivity index is 2.27. The molecule has 0 spiro atoms. The molecule has 4 heteroatoms. The van der Waals surface area contributed by atoms with Gasteiger partial charge in [0.1, 0.15) is 0 Å². The highest BCUT2D eigenvalue weighted by atomic mass is 16.5. The monoisotopic (exact) mass is 224 g/mol. The Morgan fingerprint density at radius 3 is 2.94 bits per heavy atom. The third kappa shape index (κ3) is 5.21. The first-order valence-corrected chi connectivity index (χ1v) is 5.56. The first kappa shape index (κ1) is 13.1. The molecule has 1 atom stereocenters. The van der Waals surface area contributed by atoms with Crippen molar-refractivity contribution in [3.63, 3.8) is 0 Å². The van der Waals surface area contributed by atoms with Gasteiger partial charge in [-0.2, -0.15) is 0 Å². The standard InChI is InChI=1S/C12H20N2O2/c1-3-16-10-12(15)9-14(2)8-11-6-4-5-7-13-11/h4-7,12,15H,3,8-10H2,1-2H3. The number of ether oxygens (including phenoxy) is 1. The van der Waals surface area contributed by atoms with Crippen molar-refractivity contribution in [1.29, 1.82) is 0 Å². The second-order valence-electron chi connectivity index (χ2n) is 3.83. The van der Waals surface area contributed by atoms with Crippen LogP contribution >= 0.6 is 0 Å². The molecule has 90 valence electrons. The molecule has 1 aromatic rings. The van der Waals surface area contributed by atoms with Gasteiger partial charge in [0, 0.05) is 25.9 Å². The third-order valence-electron chi connectivity index (χ3n) is 2.19. The predicted octanol–water partition coefficient (Wildman–Crippen LogP) is 0.911. The van der Waals surface area contributed by atoms with E-state index in [2.05, 4.69) is 4.98 Å². The second kappa shape index (κ2) is 7.33. The minimum Gasteiger partial charge on any atom is -0.389 e. The highest BCUT2D eigenvalue weighted by molar-refractivity contribution is 5.03. The average molecular weight is 224 g/mol. The van der Waals surface area contributed by atoms with Crippen LogP contribution in [-0.2, 0) is 11.3 Å². The minimum atomic E-state index is -0.436. The molecule has 0 aliphatic rings. The summed E-state index contributed by atoms with van der Waals surface area (Å²) in [4.78, 5) is 6.27. The highest BCUT2D eigenvalue weighted by Gasteiger charge is 2.08. The average Bonchev–Trinajstić information content (AvgIpc) is 2.27. The van der Waals surface area contributed by atoms with Crippen molar-refractivity contribution in [2.45, 2.75) is 19.6 Å². The summed E-state index contributed by atoms with van der Waals surface area (Å²) in [6, 6.07) is 5.84. The van der Waals surface area contributed by atoms with Crippen LogP contribution in [0.1, 0.15) is 12.6 Å². The zero-order valence-electron chi connectivity index (χ0n) is 9.97. The molecule has 0 amide bonds. The summed E-state index contributed by atoms with van der Waals surface area (Å²) in [6.07, 6.45) is 1.34. The van der Waals surface area contributed by atoms with Gasteiger partial charge in [0.25, 0.3) is 0 Å². The van der Waals surface area contributed by atoms with Crippen LogP contribution in [0, 0.1) is 0 Å². The number of hydrogen-bond acceptors (Lipinski definition) is 4. The van der Waals surface area contributed by atoms with Gasteiger partial charge in [-0.05, 0) is 26.1 Å². The van der Waals surface area contributed by atoms with Crippen molar-refractivity contribution in [3.05, 3.63) is 30.1 Å². The first-order valence-electron chi connectivity index (χ1n) is 5.56. The van der Waals surface area contributed by atoms with Crippen LogP contribution in [0.5, 0.6) is 0 Å². The van der Waals surface area contributed by atoms with Crippen molar-refractivity contribution >= 4 is 0 Å². The van der Waals surface area contributed by atoms with Crippen molar-refractivity contribution in [2.75, 3.05) is 26.8 Å². The predicted molar refractivity (Wildman–Crippen MR) is 63.1 cm³/mol. The van der Waals surface area contributed by atoms with E-state index in [9.17, 15) is 5.11 Å². The van der Waals surface area contributed by atoms with E-state index in [0.29, 0.717) is 19.8 Å². The van der Waals surface area contributed by atoms with Crippen LogP contribution in [0.2, 0.25) is 0 Å². The molecule has 1 aromatic heterocycles. The number of likely N-dealkylation sites (N-methyl/N-ethyl adjacent to an activating group) is 1. The Morgan fingerprint density at radius 2 is 2.31 bits per heavy atom. The van der Waals surface area contributed by atoms with Crippen LogP contribution in [-0.4, -0.2) is 47.9 Å². The molecule has 4 nitrogen and oxygen atoms in total. The second-order valence-corrected chi connectivity index (χ2v) is 3.83. The first-order chi connectivity index (χ1) is 7.72. The van der Waals surface area contributed by atoms with E-state index in [1.165, 1.54) is 0 Å². The van der Waals surface area contributed by atoms with E-state index in [1.54, 1.807) is 6.20 Å². The SMILES string of the molecule is CCOCC(O)CN(C)Cc1ccccn1. The lowest BCUT2D eigenvalue weighted by Crippen LogP contribution is -2.32. The number of hydrogen-bond donors (Lipinski definition) is 1. The van der Waals surface area contributed by atoms with E-state index in [1.807, 2.05) is 37.1 Å². The van der Waals surface area contributed by atoms with Gasteiger partial charge >= 0.3 is 0 Å². The Bertz CT molecular complexity index is 280. The van der Waals surface area contributed by atoms with Crippen molar-refractivity contribution in [3.8, 4) is 0 Å². The van der Waals surface area contributed by atoms with Crippen LogP contribution < -0.4 is 0 Å². The summed E-state index contributed by atoms with van der Waals surface area (Å²) in [5.74, 6) is 0. The molecule has 0 fully saturated rings. The molecule has 0 aliphatic carbocycles. The quantitative estimate of drug-likeness (QED) is 0.748. The molecule has 0 aliphatic heterocycles. The van der Waals surface area contributed by atoms with Crippen molar-refractivity contribution in [1.82, 2.24) is 9.88 Å². The number of aliphatic hydroxyl groups is 1. The maximum atomic E-state index is 9.64. The fourth-order valence-electron chi connectivity index (χ4n) is 1.50. The fraction of sp³-hybridized carbons (Fsp3) is 0.583. The van der Waals surface area contributed by atoms with Crippen molar-refractivity contribution in [2.24, 2.45) is 0 Å². The molecule has 0 saturated heterocycles. The molecule has 1 N–H and O–H groups in total. The van der Waals surface area contributed by atoms with E-state index < -0.39 is 6.10 Å². The molecule has 0 aromatic carbocycles. The Kier molecular flexibility index (Phi) is 6.00. The van der Waals surface area contributed by atoms with E-state index in [4.69, 9.17) is 4.74 Å². The molecule has 1 heterocycles. The molecular formula is C12H20N2O2. The maximum Gasteiger partial charge on any atom is 0.0900 e. The number of nitrogens with zero attached hydrogens (tertiary/aromatic N) is 2. The van der Waals surface area contributed by atoms with E-state index in [-0.39, 0.29) is 0 Å². The van der Waals surface area contributed by atoms with Gasteiger partial charge < -0.3 is 9.84 Å². The van der Waals surface area contributed by atoms with Gasteiger partial charge in [-0.1, -0.05) is 6.07 Å². The zero-order chi connectivity index (χ0) is 11.8. The van der Waals surface area contributed by atoms with Crippen LogP contribution in [0.4, 0.5) is 0 Å². The van der Waals surface area contributed by atoms with E-state index >= 15 is 0 Å². The fourth-order valence-corrected chi connectivity index (χ4v) is 1.50. The van der Waals surface area contributed by atoms with Gasteiger partial charge in [0.15, 0.2) is 0 Å². The third-order valence-corrected chi connectivity index (χ3v) is 2.19. The topological polar surface area (TPSA) is 45.6 Å². The van der Waals surface area contributed by atoms with Gasteiger partial charge in [-0.15, -0.1) is 0 Å².